The standard InChI is InChI=1S/C24H28N2O/c1-17-11-20(15-25)12-18(2)23(17)24(27)13-21-9-6-10-22(14-24)26(21)16-19-7-4-3-5-8-19/h3-5,7-8,11-12,21-22,27H,6,9-10,13-14,16H2,1-2H3. The Kier molecular flexibility index (Phi) is 4.80. The Morgan fingerprint density at radius 2 is 1.67 bits per heavy atom. The molecule has 0 radical (unpaired) electrons. The van der Waals surface area contributed by atoms with E-state index < -0.39 is 5.60 Å². The lowest BCUT2D eigenvalue weighted by molar-refractivity contribution is -0.100. The molecule has 2 aliphatic heterocycles. The van der Waals surface area contributed by atoms with Gasteiger partial charge in [-0.3, -0.25) is 4.90 Å². The van der Waals surface area contributed by atoms with E-state index in [9.17, 15) is 10.4 Å². The predicted molar refractivity (Wildman–Crippen MR) is 107 cm³/mol. The third-order valence-electron chi connectivity index (χ3n) is 6.49. The molecule has 4 rings (SSSR count). The molecule has 2 saturated heterocycles. The summed E-state index contributed by atoms with van der Waals surface area (Å²) in [5.41, 5.74) is 4.39. The third kappa shape index (κ3) is 3.40. The number of rotatable bonds is 3. The molecule has 0 saturated carbocycles. The van der Waals surface area contributed by atoms with Crippen LogP contribution in [0.25, 0.3) is 0 Å². The van der Waals surface area contributed by atoms with Gasteiger partial charge in [-0.2, -0.15) is 5.26 Å². The number of nitrogens with zero attached hydrogens (tertiary/aromatic N) is 2. The molecule has 0 amide bonds. The van der Waals surface area contributed by atoms with Crippen molar-refractivity contribution in [3.05, 3.63) is 70.3 Å². The van der Waals surface area contributed by atoms with Crippen LogP contribution in [0.3, 0.4) is 0 Å². The molecule has 2 unspecified atom stereocenters. The fourth-order valence-electron chi connectivity index (χ4n) is 5.54. The second-order valence-corrected chi connectivity index (χ2v) is 8.43. The number of piperidine rings is 2. The highest BCUT2D eigenvalue weighted by Gasteiger charge is 2.47. The first-order valence-corrected chi connectivity index (χ1v) is 10.0. The van der Waals surface area contributed by atoms with Crippen LogP contribution in [0.1, 0.15) is 59.9 Å². The Morgan fingerprint density at radius 1 is 1.07 bits per heavy atom. The van der Waals surface area contributed by atoms with Crippen LogP contribution >= 0.6 is 0 Å². The summed E-state index contributed by atoms with van der Waals surface area (Å²) in [6.07, 6.45) is 5.12. The molecule has 2 fully saturated rings. The quantitative estimate of drug-likeness (QED) is 0.871. The van der Waals surface area contributed by atoms with Gasteiger partial charge in [-0.15, -0.1) is 0 Å². The van der Waals surface area contributed by atoms with E-state index in [0.717, 1.165) is 48.9 Å². The van der Waals surface area contributed by atoms with E-state index in [1.165, 1.54) is 12.0 Å². The van der Waals surface area contributed by atoms with Crippen molar-refractivity contribution in [3.8, 4) is 6.07 Å². The van der Waals surface area contributed by atoms with E-state index in [-0.39, 0.29) is 0 Å². The lowest BCUT2D eigenvalue weighted by atomic mass is 9.70. The molecular formula is C24H28N2O. The van der Waals surface area contributed by atoms with Gasteiger partial charge in [-0.25, -0.2) is 0 Å². The highest BCUT2D eigenvalue weighted by atomic mass is 16.3. The molecule has 0 aromatic heterocycles. The van der Waals surface area contributed by atoms with Crippen LogP contribution in [0.2, 0.25) is 0 Å². The SMILES string of the molecule is Cc1cc(C#N)cc(C)c1C1(O)CC2CCCC(C1)N2Cc1ccccc1. The summed E-state index contributed by atoms with van der Waals surface area (Å²) < 4.78 is 0. The molecule has 1 N–H and O–H groups in total. The van der Waals surface area contributed by atoms with Crippen molar-refractivity contribution in [2.75, 3.05) is 0 Å². The molecule has 3 nitrogen and oxygen atoms in total. The van der Waals surface area contributed by atoms with E-state index in [1.54, 1.807) is 0 Å². The highest BCUT2D eigenvalue weighted by molar-refractivity contribution is 5.46. The Bertz CT molecular complexity index is 831. The second-order valence-electron chi connectivity index (χ2n) is 8.43. The van der Waals surface area contributed by atoms with Crippen molar-refractivity contribution in [3.63, 3.8) is 0 Å². The maximum atomic E-state index is 11.7. The third-order valence-corrected chi connectivity index (χ3v) is 6.49. The fourth-order valence-corrected chi connectivity index (χ4v) is 5.54. The summed E-state index contributed by atoms with van der Waals surface area (Å²) in [7, 11) is 0. The maximum Gasteiger partial charge on any atom is 0.0991 e. The van der Waals surface area contributed by atoms with E-state index in [2.05, 4.69) is 41.3 Å². The van der Waals surface area contributed by atoms with Crippen molar-refractivity contribution in [2.45, 2.75) is 70.2 Å². The average Bonchev–Trinajstić information content (AvgIpc) is 2.63. The number of benzene rings is 2. The molecule has 27 heavy (non-hydrogen) atoms. The average molecular weight is 361 g/mol. The lowest BCUT2D eigenvalue weighted by Crippen LogP contribution is -2.56. The summed E-state index contributed by atoms with van der Waals surface area (Å²) in [5, 5.41) is 21.0. The summed E-state index contributed by atoms with van der Waals surface area (Å²) in [6.45, 7) is 5.04. The minimum absolute atomic E-state index is 0.414. The summed E-state index contributed by atoms with van der Waals surface area (Å²) in [5.74, 6) is 0. The lowest BCUT2D eigenvalue weighted by Gasteiger charge is -2.53. The van der Waals surface area contributed by atoms with Crippen molar-refractivity contribution in [2.24, 2.45) is 0 Å². The normalized spacial score (nSPS) is 27.9. The topological polar surface area (TPSA) is 47.3 Å². The van der Waals surface area contributed by atoms with Gasteiger partial charge in [0.2, 0.25) is 0 Å². The van der Waals surface area contributed by atoms with E-state index in [1.807, 2.05) is 26.0 Å². The van der Waals surface area contributed by atoms with Gasteiger partial charge < -0.3 is 5.11 Å². The van der Waals surface area contributed by atoms with Gasteiger partial charge in [0.25, 0.3) is 0 Å². The zero-order valence-electron chi connectivity index (χ0n) is 16.3. The number of fused-ring (bicyclic) bond motifs is 2. The fraction of sp³-hybridized carbons (Fsp3) is 0.458. The van der Waals surface area contributed by atoms with E-state index in [0.29, 0.717) is 17.6 Å². The maximum absolute atomic E-state index is 11.7. The molecule has 2 aromatic rings. The van der Waals surface area contributed by atoms with Crippen molar-refractivity contribution >= 4 is 0 Å². The Morgan fingerprint density at radius 3 is 2.22 bits per heavy atom. The van der Waals surface area contributed by atoms with Crippen molar-refractivity contribution in [1.29, 1.82) is 5.26 Å². The molecule has 2 heterocycles. The molecule has 0 aliphatic carbocycles. The number of aliphatic hydroxyl groups is 1. The minimum atomic E-state index is -0.787. The molecule has 0 spiro atoms. The first-order valence-electron chi connectivity index (χ1n) is 10.0. The van der Waals surface area contributed by atoms with Crippen LogP contribution in [-0.4, -0.2) is 22.1 Å². The van der Waals surface area contributed by atoms with Gasteiger partial charge in [-0.1, -0.05) is 36.8 Å². The Labute approximate surface area is 162 Å². The largest absolute Gasteiger partial charge is 0.385 e. The van der Waals surface area contributed by atoms with Crippen LogP contribution in [-0.2, 0) is 12.1 Å². The summed E-state index contributed by atoms with van der Waals surface area (Å²) in [6, 6.07) is 17.6. The van der Waals surface area contributed by atoms with Crippen molar-refractivity contribution < 1.29 is 5.11 Å². The van der Waals surface area contributed by atoms with Gasteiger partial charge in [0, 0.05) is 18.6 Å². The molecule has 140 valence electrons. The molecule has 3 heteroatoms. The first-order chi connectivity index (χ1) is 13.0. The molecule has 2 aromatic carbocycles. The van der Waals surface area contributed by atoms with Gasteiger partial charge in [-0.05, 0) is 73.9 Å². The van der Waals surface area contributed by atoms with E-state index in [4.69, 9.17) is 0 Å². The first kappa shape index (κ1) is 18.2. The summed E-state index contributed by atoms with van der Waals surface area (Å²) in [4.78, 5) is 2.63. The van der Waals surface area contributed by atoms with Gasteiger partial charge >= 0.3 is 0 Å². The van der Waals surface area contributed by atoms with Crippen LogP contribution in [0.5, 0.6) is 0 Å². The predicted octanol–water partition coefficient (Wildman–Crippen LogP) is 4.58. The van der Waals surface area contributed by atoms with Crippen LogP contribution in [0, 0.1) is 25.2 Å². The van der Waals surface area contributed by atoms with Crippen LogP contribution in [0.4, 0.5) is 0 Å². The number of aryl methyl sites for hydroxylation is 2. The Balaban J connectivity index is 1.64. The molecular weight excluding hydrogens is 332 g/mol. The van der Waals surface area contributed by atoms with Crippen LogP contribution in [0.15, 0.2) is 42.5 Å². The van der Waals surface area contributed by atoms with Gasteiger partial charge in [0.15, 0.2) is 0 Å². The number of hydrogen-bond acceptors (Lipinski definition) is 3. The Hall–Kier alpha value is -2.15. The molecule has 2 aliphatic rings. The van der Waals surface area contributed by atoms with E-state index >= 15 is 0 Å². The van der Waals surface area contributed by atoms with Crippen LogP contribution < -0.4 is 0 Å². The zero-order valence-corrected chi connectivity index (χ0v) is 16.3. The smallest absolute Gasteiger partial charge is 0.0991 e. The van der Waals surface area contributed by atoms with Gasteiger partial charge in [0.05, 0.1) is 17.2 Å². The van der Waals surface area contributed by atoms with Gasteiger partial charge in [0.1, 0.15) is 0 Å². The number of nitriles is 1. The zero-order chi connectivity index (χ0) is 19.0. The summed E-state index contributed by atoms with van der Waals surface area (Å²) >= 11 is 0. The molecule has 2 bridgehead atoms. The second kappa shape index (κ2) is 7.11. The monoisotopic (exact) mass is 360 g/mol. The number of hydrogen-bond donors (Lipinski definition) is 1. The highest BCUT2D eigenvalue weighted by Crippen LogP contribution is 2.46. The minimum Gasteiger partial charge on any atom is -0.385 e. The molecule has 2 atom stereocenters. The van der Waals surface area contributed by atoms with Crippen molar-refractivity contribution in [1.82, 2.24) is 4.90 Å².